The molecule has 9 nitrogen and oxygen atoms in total. The van der Waals surface area contributed by atoms with Crippen LogP contribution in [0.3, 0.4) is 0 Å². The SMILES string of the molecule is COC1=Cc2c(ncnc2Nc2ccc(Cl)c(Cl)c2)C=C(OCc2noc(C3CCN(C)CC3)n2)C1. The van der Waals surface area contributed by atoms with Gasteiger partial charge in [-0.25, -0.2) is 9.97 Å². The summed E-state index contributed by atoms with van der Waals surface area (Å²) in [6, 6.07) is 5.30. The van der Waals surface area contributed by atoms with Gasteiger partial charge in [0.25, 0.3) is 0 Å². The van der Waals surface area contributed by atoms with Crippen molar-refractivity contribution in [1.29, 1.82) is 0 Å². The molecule has 0 atom stereocenters. The third-order valence-electron chi connectivity index (χ3n) is 6.25. The quantitative estimate of drug-likeness (QED) is 0.415. The molecule has 2 aliphatic rings. The Morgan fingerprint density at radius 1 is 1.11 bits per heavy atom. The van der Waals surface area contributed by atoms with E-state index >= 15 is 0 Å². The smallest absolute Gasteiger partial charge is 0.229 e. The van der Waals surface area contributed by atoms with Gasteiger partial charge in [0.05, 0.1) is 29.3 Å². The number of piperidine rings is 1. The van der Waals surface area contributed by atoms with Gasteiger partial charge in [-0.1, -0.05) is 28.4 Å². The lowest BCUT2D eigenvalue weighted by atomic mass is 9.97. The number of likely N-dealkylation sites (tertiary alicyclic amines) is 1. The third kappa shape index (κ3) is 5.64. The van der Waals surface area contributed by atoms with Crippen molar-refractivity contribution in [2.24, 2.45) is 0 Å². The second-order valence-corrected chi connectivity index (χ2v) is 9.61. The predicted octanol–water partition coefficient (Wildman–Crippen LogP) is 5.67. The van der Waals surface area contributed by atoms with E-state index in [2.05, 4.69) is 37.4 Å². The average molecular weight is 529 g/mol. The maximum absolute atomic E-state index is 6.17. The highest BCUT2D eigenvalue weighted by Crippen LogP contribution is 2.32. The molecule has 1 N–H and O–H groups in total. The van der Waals surface area contributed by atoms with Crippen molar-refractivity contribution < 1.29 is 14.0 Å². The molecule has 3 aromatic rings. The molecule has 5 rings (SSSR count). The lowest BCUT2D eigenvalue weighted by Crippen LogP contribution is -2.29. The van der Waals surface area contributed by atoms with Crippen molar-refractivity contribution in [3.05, 3.63) is 69.1 Å². The van der Waals surface area contributed by atoms with Crippen LogP contribution in [0.15, 0.2) is 40.6 Å². The van der Waals surface area contributed by atoms with E-state index in [-0.39, 0.29) is 6.61 Å². The first-order valence-corrected chi connectivity index (χ1v) is 12.4. The van der Waals surface area contributed by atoms with E-state index in [9.17, 15) is 0 Å². The van der Waals surface area contributed by atoms with Crippen LogP contribution >= 0.6 is 23.2 Å². The van der Waals surface area contributed by atoms with Gasteiger partial charge >= 0.3 is 0 Å². The molecular formula is C25H26Cl2N6O3. The van der Waals surface area contributed by atoms with Gasteiger partial charge < -0.3 is 24.2 Å². The molecular weight excluding hydrogens is 503 g/mol. The van der Waals surface area contributed by atoms with Crippen LogP contribution in [0.5, 0.6) is 0 Å². The summed E-state index contributed by atoms with van der Waals surface area (Å²) >= 11 is 12.2. The molecule has 0 unspecified atom stereocenters. The fourth-order valence-corrected chi connectivity index (χ4v) is 4.49. The van der Waals surface area contributed by atoms with Gasteiger partial charge in [0.15, 0.2) is 6.61 Å². The summed E-state index contributed by atoms with van der Waals surface area (Å²) in [4.78, 5) is 15.7. The molecule has 1 aliphatic carbocycles. The minimum absolute atomic E-state index is 0.188. The molecule has 1 aliphatic heterocycles. The maximum atomic E-state index is 6.17. The van der Waals surface area contributed by atoms with Crippen LogP contribution in [0.4, 0.5) is 11.5 Å². The number of anilines is 2. The molecule has 0 amide bonds. The number of hydrogen-bond donors (Lipinski definition) is 1. The Morgan fingerprint density at radius 2 is 1.94 bits per heavy atom. The van der Waals surface area contributed by atoms with Gasteiger partial charge in [-0.3, -0.25) is 0 Å². The number of ether oxygens (including phenoxy) is 2. The molecule has 2 aromatic heterocycles. The fraction of sp³-hybridized carbons (Fsp3) is 0.360. The largest absolute Gasteiger partial charge is 0.501 e. The topological polar surface area (TPSA) is 98.4 Å². The number of aromatic nitrogens is 4. The summed E-state index contributed by atoms with van der Waals surface area (Å²) in [6.45, 7) is 2.25. The van der Waals surface area contributed by atoms with Crippen LogP contribution in [-0.2, 0) is 16.1 Å². The number of nitrogens with one attached hydrogen (secondary N) is 1. The van der Waals surface area contributed by atoms with Crippen LogP contribution in [0.1, 0.15) is 48.2 Å². The molecule has 3 heterocycles. The Kier molecular flexibility index (Phi) is 7.41. The van der Waals surface area contributed by atoms with Crippen LogP contribution < -0.4 is 5.32 Å². The van der Waals surface area contributed by atoms with Crippen molar-refractivity contribution in [1.82, 2.24) is 25.0 Å². The van der Waals surface area contributed by atoms with Gasteiger partial charge in [0.1, 0.15) is 23.7 Å². The van der Waals surface area contributed by atoms with Crippen LogP contribution in [0.25, 0.3) is 12.2 Å². The minimum Gasteiger partial charge on any atom is -0.501 e. The molecule has 36 heavy (non-hydrogen) atoms. The first-order valence-electron chi connectivity index (χ1n) is 11.6. The Morgan fingerprint density at radius 3 is 2.72 bits per heavy atom. The number of fused-ring (bicyclic) bond motifs is 1. The summed E-state index contributed by atoms with van der Waals surface area (Å²) in [7, 11) is 3.75. The molecule has 0 spiro atoms. The van der Waals surface area contributed by atoms with Crippen molar-refractivity contribution >= 4 is 46.9 Å². The first-order chi connectivity index (χ1) is 17.5. The Labute approximate surface area is 219 Å². The summed E-state index contributed by atoms with van der Waals surface area (Å²) in [5, 5.41) is 8.34. The molecule has 0 saturated carbocycles. The highest BCUT2D eigenvalue weighted by molar-refractivity contribution is 6.42. The zero-order valence-electron chi connectivity index (χ0n) is 20.0. The second-order valence-electron chi connectivity index (χ2n) is 8.79. The standard InChI is InChI=1S/C25H26Cl2N6O3/c1-33-7-5-15(6-8-33)25-31-23(32-36-25)13-35-18-10-17(34-2)11-19-22(12-18)28-14-29-24(19)30-16-3-4-20(26)21(27)9-16/h3-4,9,11-12,14-15H,5-8,10,13H2,1-2H3,(H,28,29,30). The number of halogens is 2. The number of rotatable bonds is 7. The van der Waals surface area contributed by atoms with Gasteiger partial charge in [-0.15, -0.1) is 0 Å². The second kappa shape index (κ2) is 10.9. The van der Waals surface area contributed by atoms with E-state index in [1.54, 1.807) is 19.2 Å². The highest BCUT2D eigenvalue weighted by Gasteiger charge is 2.24. The molecule has 1 aromatic carbocycles. The van der Waals surface area contributed by atoms with Crippen molar-refractivity contribution in [2.75, 3.05) is 32.6 Å². The summed E-state index contributed by atoms with van der Waals surface area (Å²) in [5.41, 5.74) is 2.21. The van der Waals surface area contributed by atoms with Gasteiger partial charge in [-0.2, -0.15) is 4.98 Å². The van der Waals surface area contributed by atoms with E-state index in [1.165, 1.54) is 6.33 Å². The summed E-state index contributed by atoms with van der Waals surface area (Å²) < 4.78 is 17.2. The highest BCUT2D eigenvalue weighted by atomic mass is 35.5. The zero-order valence-corrected chi connectivity index (χ0v) is 21.5. The summed E-state index contributed by atoms with van der Waals surface area (Å²) in [5.74, 6) is 3.48. The Hall–Kier alpha value is -3.14. The van der Waals surface area contributed by atoms with E-state index < -0.39 is 0 Å². The fourth-order valence-electron chi connectivity index (χ4n) is 4.19. The van der Waals surface area contributed by atoms with Gasteiger partial charge in [0.2, 0.25) is 11.7 Å². The Balaban J connectivity index is 1.33. The monoisotopic (exact) mass is 528 g/mol. The van der Waals surface area contributed by atoms with E-state index in [1.807, 2.05) is 18.2 Å². The average Bonchev–Trinajstić information content (AvgIpc) is 3.27. The number of methoxy groups -OCH3 is 1. The number of nitrogens with zero attached hydrogens (tertiary/aromatic N) is 5. The third-order valence-corrected chi connectivity index (χ3v) is 6.99. The maximum Gasteiger partial charge on any atom is 0.229 e. The van der Waals surface area contributed by atoms with E-state index in [0.29, 0.717) is 57.1 Å². The van der Waals surface area contributed by atoms with Gasteiger partial charge in [-0.05, 0) is 57.3 Å². The molecule has 1 fully saturated rings. The normalized spacial score (nSPS) is 16.6. The zero-order chi connectivity index (χ0) is 25.1. The van der Waals surface area contributed by atoms with Crippen LogP contribution in [0, 0.1) is 0 Å². The molecule has 0 radical (unpaired) electrons. The lowest BCUT2D eigenvalue weighted by molar-refractivity contribution is 0.173. The molecule has 188 valence electrons. The van der Waals surface area contributed by atoms with Crippen molar-refractivity contribution in [3.8, 4) is 0 Å². The number of benzene rings is 1. The molecule has 1 saturated heterocycles. The number of hydrogen-bond acceptors (Lipinski definition) is 9. The van der Waals surface area contributed by atoms with E-state index in [0.717, 1.165) is 37.2 Å². The van der Waals surface area contributed by atoms with Crippen LogP contribution in [-0.4, -0.2) is 52.3 Å². The summed E-state index contributed by atoms with van der Waals surface area (Å²) in [6.07, 6.45) is 7.73. The first kappa shape index (κ1) is 24.5. The molecule has 11 heteroatoms. The lowest BCUT2D eigenvalue weighted by Gasteiger charge is -2.26. The van der Waals surface area contributed by atoms with Crippen molar-refractivity contribution in [3.63, 3.8) is 0 Å². The Bertz CT molecular complexity index is 1300. The van der Waals surface area contributed by atoms with Crippen molar-refractivity contribution in [2.45, 2.75) is 31.8 Å². The van der Waals surface area contributed by atoms with Crippen LogP contribution in [0.2, 0.25) is 10.0 Å². The van der Waals surface area contributed by atoms with E-state index in [4.69, 9.17) is 37.2 Å². The predicted molar refractivity (Wildman–Crippen MR) is 138 cm³/mol. The minimum atomic E-state index is 0.188. The molecule has 0 bridgehead atoms. The van der Waals surface area contributed by atoms with Gasteiger partial charge in [0, 0.05) is 23.2 Å².